The number of fused-ring (bicyclic) bond motifs is 1. The van der Waals surface area contributed by atoms with Crippen LogP contribution in [-0.4, -0.2) is 62.4 Å². The van der Waals surface area contributed by atoms with E-state index in [4.69, 9.17) is 0 Å². The van der Waals surface area contributed by atoms with Crippen LogP contribution in [0.3, 0.4) is 0 Å². The minimum Gasteiger partial charge on any atom is -0.435 e. The third-order valence-electron chi connectivity index (χ3n) is 6.26. The number of nitrogens with zero attached hydrogens (tertiary/aromatic N) is 2. The molecule has 2 aromatic rings. The molecule has 0 spiro atoms. The van der Waals surface area contributed by atoms with E-state index < -0.39 is 22.7 Å². The van der Waals surface area contributed by atoms with Gasteiger partial charge in [-0.25, -0.2) is 8.42 Å². The van der Waals surface area contributed by atoms with Gasteiger partial charge in [0.15, 0.2) is 0 Å². The summed E-state index contributed by atoms with van der Waals surface area (Å²) in [6.07, 6.45) is 2.98. The number of rotatable bonds is 7. The zero-order valence-corrected chi connectivity index (χ0v) is 19.2. The molecule has 1 heterocycles. The largest absolute Gasteiger partial charge is 0.435 e. The van der Waals surface area contributed by atoms with E-state index in [-0.39, 0.29) is 11.7 Å². The predicted molar refractivity (Wildman–Crippen MR) is 120 cm³/mol. The molecule has 1 fully saturated rings. The normalized spacial score (nSPS) is 18.2. The van der Waals surface area contributed by atoms with Gasteiger partial charge in [-0.05, 0) is 73.7 Å². The van der Waals surface area contributed by atoms with Crippen LogP contribution in [0.15, 0.2) is 47.4 Å². The highest BCUT2D eigenvalue weighted by atomic mass is 32.2. The van der Waals surface area contributed by atoms with Crippen LogP contribution in [0, 0.1) is 0 Å². The number of alkyl halides is 2. The van der Waals surface area contributed by atoms with Crippen molar-refractivity contribution < 1.29 is 26.7 Å². The van der Waals surface area contributed by atoms with Crippen molar-refractivity contribution in [1.82, 2.24) is 9.21 Å². The van der Waals surface area contributed by atoms with Crippen molar-refractivity contribution in [3.8, 4) is 5.75 Å². The van der Waals surface area contributed by atoms with Gasteiger partial charge < -0.3 is 10.1 Å². The molecule has 1 saturated heterocycles. The molecular formula is C23H27F2N3O4S. The summed E-state index contributed by atoms with van der Waals surface area (Å²) in [5.41, 5.74) is 2.81. The summed E-state index contributed by atoms with van der Waals surface area (Å²) in [5.74, 6) is -0.246. The molecule has 0 unspecified atom stereocenters. The monoisotopic (exact) mass is 479 g/mol. The Morgan fingerprint density at radius 3 is 2.33 bits per heavy atom. The number of nitrogens with one attached hydrogen (secondary N) is 1. The zero-order chi connectivity index (χ0) is 23.6. The van der Waals surface area contributed by atoms with E-state index in [2.05, 4.69) is 10.1 Å². The minimum absolute atomic E-state index is 0.0109. The van der Waals surface area contributed by atoms with E-state index in [9.17, 15) is 22.0 Å². The van der Waals surface area contributed by atoms with Crippen molar-refractivity contribution in [1.29, 1.82) is 0 Å². The molecule has 1 atom stereocenters. The molecule has 178 valence electrons. The number of anilines is 1. The smallest absolute Gasteiger partial charge is 0.387 e. The highest BCUT2D eigenvalue weighted by Gasteiger charge is 2.32. The van der Waals surface area contributed by atoms with Crippen LogP contribution in [-0.2, 0) is 27.7 Å². The quantitative estimate of drug-likeness (QED) is 0.660. The summed E-state index contributed by atoms with van der Waals surface area (Å²) < 4.78 is 56.5. The fourth-order valence-corrected chi connectivity index (χ4v) is 5.79. The Bertz CT molecular complexity index is 1100. The van der Waals surface area contributed by atoms with Gasteiger partial charge in [0.1, 0.15) is 5.75 Å². The van der Waals surface area contributed by atoms with E-state index >= 15 is 0 Å². The molecular weight excluding hydrogens is 452 g/mol. The lowest BCUT2D eigenvalue weighted by molar-refractivity contribution is -0.121. The van der Waals surface area contributed by atoms with Crippen LogP contribution < -0.4 is 10.1 Å². The van der Waals surface area contributed by atoms with Crippen molar-refractivity contribution in [2.45, 2.75) is 43.7 Å². The fraction of sp³-hybridized carbons (Fsp3) is 0.435. The van der Waals surface area contributed by atoms with Gasteiger partial charge >= 0.3 is 6.61 Å². The topological polar surface area (TPSA) is 79.0 Å². The summed E-state index contributed by atoms with van der Waals surface area (Å²) in [4.78, 5) is 14.9. The highest BCUT2D eigenvalue weighted by molar-refractivity contribution is 7.89. The number of aryl methyl sites for hydroxylation is 2. The number of ether oxygens (including phenoxy) is 1. The van der Waals surface area contributed by atoms with Crippen LogP contribution in [0.5, 0.6) is 5.75 Å². The second kappa shape index (κ2) is 9.74. The first-order valence-corrected chi connectivity index (χ1v) is 12.4. The van der Waals surface area contributed by atoms with Gasteiger partial charge in [0.05, 0.1) is 10.9 Å². The van der Waals surface area contributed by atoms with Crippen LogP contribution in [0.2, 0.25) is 0 Å². The van der Waals surface area contributed by atoms with Gasteiger partial charge in [-0.1, -0.05) is 6.07 Å². The van der Waals surface area contributed by atoms with Gasteiger partial charge in [-0.15, -0.1) is 0 Å². The van der Waals surface area contributed by atoms with Crippen molar-refractivity contribution in [2.75, 3.05) is 31.5 Å². The Morgan fingerprint density at radius 2 is 1.67 bits per heavy atom. The maximum atomic E-state index is 13.1. The lowest BCUT2D eigenvalue weighted by Gasteiger charge is -2.36. The molecule has 0 bridgehead atoms. The number of amides is 1. The maximum absolute atomic E-state index is 13.1. The number of sulfonamides is 1. The first kappa shape index (κ1) is 23.6. The highest BCUT2D eigenvalue weighted by Crippen LogP contribution is 2.27. The standard InChI is InChI=1S/C23H27F2N3O4S/c1-16(22(29)26-19-6-8-20(9-7-19)32-23(24)25)27-11-13-28(14-12-27)33(30,31)21-10-5-17-3-2-4-18(17)15-21/h5-10,15-16,23H,2-4,11-14H2,1H3,(H,26,29)/t16-/m0/s1. The molecule has 0 aromatic heterocycles. The van der Waals surface area contributed by atoms with Crippen molar-refractivity contribution in [3.05, 3.63) is 53.6 Å². The minimum atomic E-state index is -3.57. The molecule has 0 radical (unpaired) electrons. The first-order chi connectivity index (χ1) is 15.7. The number of piperazine rings is 1. The Balaban J connectivity index is 1.32. The second-order valence-corrected chi connectivity index (χ2v) is 10.2. The number of carbonyl (C=O) groups excluding carboxylic acids is 1. The van der Waals surface area contributed by atoms with Crippen LogP contribution >= 0.6 is 0 Å². The van der Waals surface area contributed by atoms with E-state index in [1.54, 1.807) is 19.1 Å². The van der Waals surface area contributed by atoms with E-state index in [0.29, 0.717) is 36.8 Å². The number of halogens is 2. The Labute approximate surface area is 192 Å². The molecule has 1 aliphatic carbocycles. The molecule has 10 heteroatoms. The Kier molecular flexibility index (Phi) is 6.96. The molecule has 33 heavy (non-hydrogen) atoms. The summed E-state index contributed by atoms with van der Waals surface area (Å²) >= 11 is 0. The van der Waals surface area contributed by atoms with E-state index in [0.717, 1.165) is 24.8 Å². The summed E-state index contributed by atoms with van der Waals surface area (Å²) in [5, 5.41) is 2.76. The molecule has 1 N–H and O–H groups in total. The van der Waals surface area contributed by atoms with Gasteiger partial charge in [-0.2, -0.15) is 13.1 Å². The molecule has 4 rings (SSSR count). The van der Waals surface area contributed by atoms with E-state index in [1.807, 2.05) is 11.0 Å². The summed E-state index contributed by atoms with van der Waals surface area (Å²) in [6.45, 7) is 0.317. The van der Waals surface area contributed by atoms with Crippen LogP contribution in [0.1, 0.15) is 24.5 Å². The van der Waals surface area contributed by atoms with Crippen molar-refractivity contribution >= 4 is 21.6 Å². The molecule has 2 aromatic carbocycles. The summed E-state index contributed by atoms with van der Waals surface area (Å²) in [6, 6.07) is 10.6. The van der Waals surface area contributed by atoms with E-state index in [1.165, 1.54) is 34.1 Å². The van der Waals surface area contributed by atoms with Gasteiger partial charge in [0, 0.05) is 31.9 Å². The maximum Gasteiger partial charge on any atom is 0.387 e. The Hall–Kier alpha value is -2.56. The third kappa shape index (κ3) is 5.34. The van der Waals surface area contributed by atoms with Crippen molar-refractivity contribution in [3.63, 3.8) is 0 Å². The number of hydrogen-bond acceptors (Lipinski definition) is 5. The fourth-order valence-electron chi connectivity index (χ4n) is 4.32. The lowest BCUT2D eigenvalue weighted by atomic mass is 10.1. The van der Waals surface area contributed by atoms with Crippen LogP contribution in [0.25, 0.3) is 0 Å². The number of benzene rings is 2. The second-order valence-electron chi connectivity index (χ2n) is 8.29. The average Bonchev–Trinajstić information content (AvgIpc) is 3.27. The lowest BCUT2D eigenvalue weighted by Crippen LogP contribution is -2.53. The zero-order valence-electron chi connectivity index (χ0n) is 18.3. The predicted octanol–water partition coefficient (Wildman–Crippen LogP) is 3.11. The average molecular weight is 480 g/mol. The summed E-state index contributed by atoms with van der Waals surface area (Å²) in [7, 11) is -3.57. The number of hydrogen-bond donors (Lipinski definition) is 1. The van der Waals surface area contributed by atoms with Gasteiger partial charge in [0.2, 0.25) is 15.9 Å². The first-order valence-electron chi connectivity index (χ1n) is 11.0. The van der Waals surface area contributed by atoms with Gasteiger partial charge in [0.25, 0.3) is 0 Å². The molecule has 1 aliphatic heterocycles. The number of carbonyl (C=O) groups is 1. The SMILES string of the molecule is C[C@@H](C(=O)Nc1ccc(OC(F)F)cc1)N1CCN(S(=O)(=O)c2ccc3c(c2)CCC3)CC1. The van der Waals surface area contributed by atoms with Crippen LogP contribution in [0.4, 0.5) is 14.5 Å². The Morgan fingerprint density at radius 1 is 1.00 bits per heavy atom. The van der Waals surface area contributed by atoms with Crippen molar-refractivity contribution in [2.24, 2.45) is 0 Å². The third-order valence-corrected chi connectivity index (χ3v) is 8.15. The molecule has 1 amide bonds. The molecule has 0 saturated carbocycles. The molecule has 2 aliphatic rings. The molecule has 7 nitrogen and oxygen atoms in total. The van der Waals surface area contributed by atoms with Gasteiger partial charge in [-0.3, -0.25) is 9.69 Å².